The molecule has 0 spiro atoms. The molecule has 5 aromatic rings. The van der Waals surface area contributed by atoms with Crippen LogP contribution in [0.2, 0.25) is 0 Å². The van der Waals surface area contributed by atoms with Crippen LogP contribution in [0.15, 0.2) is 97.2 Å². The third kappa shape index (κ3) is 5.54. The molecule has 4 aromatic carbocycles. The number of carbonyl (C=O) groups excluding carboxylic acids is 1. The zero-order chi connectivity index (χ0) is 26.5. The summed E-state index contributed by atoms with van der Waals surface area (Å²) >= 11 is 0.0182. The van der Waals surface area contributed by atoms with Crippen LogP contribution in [0, 0.1) is 0 Å². The molecule has 1 N–H and O–H groups in total. The van der Waals surface area contributed by atoms with E-state index in [2.05, 4.69) is 58.5 Å². The first-order chi connectivity index (χ1) is 18.6. The Labute approximate surface area is 228 Å². The van der Waals surface area contributed by atoms with Crippen molar-refractivity contribution in [2.75, 3.05) is 26.6 Å². The number of fused-ring (bicyclic) bond motifs is 1. The zero-order valence-corrected chi connectivity index (χ0v) is 23.1. The number of hydrogen-bond donors (Lipinski definition) is 1. The van der Waals surface area contributed by atoms with E-state index in [-0.39, 0.29) is 20.9 Å². The number of carbonyl (C=O) groups is 1. The predicted molar refractivity (Wildman–Crippen MR) is 153 cm³/mol. The second-order valence-electron chi connectivity index (χ2n) is 8.64. The van der Waals surface area contributed by atoms with Crippen LogP contribution in [0.25, 0.3) is 10.9 Å². The van der Waals surface area contributed by atoms with Crippen molar-refractivity contribution in [2.24, 2.45) is 0 Å². The summed E-state index contributed by atoms with van der Waals surface area (Å²) in [7, 11) is 4.83. The van der Waals surface area contributed by atoms with Gasteiger partial charge in [-0.3, -0.25) is 0 Å². The van der Waals surface area contributed by atoms with Crippen molar-refractivity contribution in [2.45, 2.75) is 6.54 Å². The van der Waals surface area contributed by atoms with Gasteiger partial charge in [0.05, 0.1) is 0 Å². The average molecular weight is 572 g/mol. The molecule has 192 valence electrons. The minimum atomic E-state index is -0.170. The van der Waals surface area contributed by atoms with E-state index < -0.39 is 0 Å². The average Bonchev–Trinajstić information content (AvgIpc) is 3.30. The van der Waals surface area contributed by atoms with Gasteiger partial charge in [-0.25, -0.2) is 0 Å². The standard InChI is InChI=1S/C31H28N2O4Se/c1-35-24-14-11-21(12-15-24)19-33-20-30(26-9-4-5-10-27(26)33)38-25-8-6-7-22(17-25)31(34)32-23-13-16-28(36-2)29(18-23)37-3/h4-18,20H,19H2,1-3H3,(H,32,34). The van der Waals surface area contributed by atoms with Crippen molar-refractivity contribution in [1.82, 2.24) is 4.57 Å². The summed E-state index contributed by atoms with van der Waals surface area (Å²) < 4.78 is 20.6. The maximum atomic E-state index is 13.0. The number of nitrogens with one attached hydrogen (secondary N) is 1. The molecule has 1 heterocycles. The molecule has 0 unspecified atom stereocenters. The molecular formula is C31H28N2O4Se. The van der Waals surface area contributed by atoms with Gasteiger partial charge in [0.15, 0.2) is 0 Å². The molecule has 5 rings (SSSR count). The van der Waals surface area contributed by atoms with Crippen molar-refractivity contribution in [3.63, 3.8) is 0 Å². The van der Waals surface area contributed by atoms with Crippen molar-refractivity contribution in [3.8, 4) is 17.2 Å². The molecule has 0 fully saturated rings. The summed E-state index contributed by atoms with van der Waals surface area (Å²) in [4.78, 5) is 13.0. The number of rotatable bonds is 9. The molecule has 7 heteroatoms. The van der Waals surface area contributed by atoms with E-state index in [1.165, 1.54) is 20.9 Å². The molecule has 0 radical (unpaired) electrons. The van der Waals surface area contributed by atoms with Crippen molar-refractivity contribution >= 4 is 46.4 Å². The second kappa shape index (κ2) is 11.5. The van der Waals surface area contributed by atoms with Gasteiger partial charge in [-0.05, 0) is 0 Å². The fraction of sp³-hybridized carbons (Fsp3) is 0.129. The number of amides is 1. The first-order valence-corrected chi connectivity index (χ1v) is 13.8. The maximum absolute atomic E-state index is 13.0. The molecule has 0 aliphatic carbocycles. The Morgan fingerprint density at radius 3 is 2.37 bits per heavy atom. The second-order valence-corrected chi connectivity index (χ2v) is 11.0. The fourth-order valence-electron chi connectivity index (χ4n) is 4.30. The summed E-state index contributed by atoms with van der Waals surface area (Å²) in [6.45, 7) is 0.772. The number of para-hydroxylation sites is 1. The molecular weight excluding hydrogens is 543 g/mol. The summed E-state index contributed by atoms with van der Waals surface area (Å²) in [6.07, 6.45) is 2.24. The summed E-state index contributed by atoms with van der Waals surface area (Å²) in [5, 5.41) is 4.20. The van der Waals surface area contributed by atoms with Gasteiger partial charge in [0.2, 0.25) is 0 Å². The molecule has 1 aromatic heterocycles. The Balaban J connectivity index is 1.36. The molecule has 0 saturated carbocycles. The van der Waals surface area contributed by atoms with Crippen molar-refractivity contribution in [1.29, 1.82) is 0 Å². The summed E-state index contributed by atoms with van der Waals surface area (Å²) in [5.74, 6) is 1.86. The Morgan fingerprint density at radius 1 is 0.816 bits per heavy atom. The Hall–Kier alpha value is -4.19. The third-order valence-corrected chi connectivity index (χ3v) is 8.40. The van der Waals surface area contributed by atoms with E-state index in [1.807, 2.05) is 30.3 Å². The van der Waals surface area contributed by atoms with Crippen LogP contribution in [0.5, 0.6) is 17.2 Å². The van der Waals surface area contributed by atoms with E-state index in [0.29, 0.717) is 22.7 Å². The number of anilines is 1. The molecule has 0 aliphatic heterocycles. The van der Waals surface area contributed by atoms with E-state index in [9.17, 15) is 4.79 Å². The summed E-state index contributed by atoms with van der Waals surface area (Å²) in [5.41, 5.74) is 3.66. The fourth-order valence-corrected chi connectivity index (χ4v) is 6.50. The van der Waals surface area contributed by atoms with Crippen LogP contribution < -0.4 is 28.5 Å². The van der Waals surface area contributed by atoms with Crippen molar-refractivity contribution < 1.29 is 19.0 Å². The number of nitrogens with zero attached hydrogens (tertiary/aromatic N) is 1. The van der Waals surface area contributed by atoms with Crippen LogP contribution in [-0.4, -0.2) is 46.8 Å². The quantitative estimate of drug-likeness (QED) is 0.263. The molecule has 1 amide bonds. The van der Waals surface area contributed by atoms with Crippen LogP contribution in [0.1, 0.15) is 15.9 Å². The molecule has 0 saturated heterocycles. The van der Waals surface area contributed by atoms with E-state index in [0.717, 1.165) is 16.8 Å². The Kier molecular flexibility index (Phi) is 7.68. The van der Waals surface area contributed by atoms with Gasteiger partial charge in [-0.15, -0.1) is 0 Å². The third-order valence-electron chi connectivity index (χ3n) is 6.23. The molecule has 0 atom stereocenters. The SMILES string of the molecule is COc1ccc(Cn2cc([Se]c3cccc(C(=O)Nc4ccc(OC)c(OC)c4)c3)c3ccccc32)cc1. The Morgan fingerprint density at radius 2 is 1.61 bits per heavy atom. The van der Waals surface area contributed by atoms with Gasteiger partial charge < -0.3 is 0 Å². The number of ether oxygens (including phenoxy) is 3. The first-order valence-electron chi connectivity index (χ1n) is 12.1. The Bertz CT molecular complexity index is 1580. The van der Waals surface area contributed by atoms with E-state index in [1.54, 1.807) is 39.5 Å². The van der Waals surface area contributed by atoms with Crippen LogP contribution in [-0.2, 0) is 6.54 Å². The zero-order valence-electron chi connectivity index (χ0n) is 21.4. The molecule has 38 heavy (non-hydrogen) atoms. The van der Waals surface area contributed by atoms with Gasteiger partial charge in [-0.1, -0.05) is 0 Å². The molecule has 0 bridgehead atoms. The number of benzene rings is 4. The van der Waals surface area contributed by atoms with Crippen LogP contribution in [0.3, 0.4) is 0 Å². The molecule has 6 nitrogen and oxygen atoms in total. The topological polar surface area (TPSA) is 61.7 Å². The monoisotopic (exact) mass is 572 g/mol. The van der Waals surface area contributed by atoms with Gasteiger partial charge in [-0.2, -0.15) is 0 Å². The number of aromatic nitrogens is 1. The number of methoxy groups -OCH3 is 3. The van der Waals surface area contributed by atoms with Gasteiger partial charge >= 0.3 is 229 Å². The minimum absolute atomic E-state index is 0.0182. The van der Waals surface area contributed by atoms with Crippen LogP contribution >= 0.6 is 0 Å². The number of hydrogen-bond acceptors (Lipinski definition) is 4. The van der Waals surface area contributed by atoms with Gasteiger partial charge in [0.25, 0.3) is 0 Å². The normalized spacial score (nSPS) is 10.8. The van der Waals surface area contributed by atoms with E-state index >= 15 is 0 Å². The van der Waals surface area contributed by atoms with Gasteiger partial charge in [0, 0.05) is 0 Å². The van der Waals surface area contributed by atoms with Gasteiger partial charge in [0.1, 0.15) is 0 Å². The van der Waals surface area contributed by atoms with Crippen molar-refractivity contribution in [3.05, 3.63) is 108 Å². The molecule has 0 aliphatic rings. The predicted octanol–water partition coefficient (Wildman–Crippen LogP) is 4.62. The van der Waals surface area contributed by atoms with Crippen LogP contribution in [0.4, 0.5) is 5.69 Å². The summed E-state index contributed by atoms with van der Waals surface area (Å²) in [6, 6.07) is 29.8. The van der Waals surface area contributed by atoms with E-state index in [4.69, 9.17) is 14.2 Å². The first kappa shape index (κ1) is 25.5.